The van der Waals surface area contributed by atoms with E-state index in [1.165, 1.54) is 5.56 Å². The average molecular weight is 412 g/mol. The number of nitrogens with one attached hydrogen (secondary N) is 1. The SMILES string of the molecule is CCc1cc(Br)ccc1-n1c(=S)[nH]c2ccc(Br)cc21. The Hall–Kier alpha value is -0.910. The zero-order valence-corrected chi connectivity index (χ0v) is 14.8. The van der Waals surface area contributed by atoms with E-state index >= 15 is 0 Å². The molecule has 0 bridgehead atoms. The molecule has 1 heterocycles. The van der Waals surface area contributed by atoms with Crippen molar-refractivity contribution in [2.75, 3.05) is 0 Å². The van der Waals surface area contributed by atoms with Gasteiger partial charge in [0.2, 0.25) is 0 Å². The number of aryl methyl sites for hydroxylation is 1. The highest BCUT2D eigenvalue weighted by atomic mass is 79.9. The summed E-state index contributed by atoms with van der Waals surface area (Å²) in [4.78, 5) is 3.26. The van der Waals surface area contributed by atoms with Crippen molar-refractivity contribution in [2.45, 2.75) is 13.3 Å². The van der Waals surface area contributed by atoms with Gasteiger partial charge in [-0.3, -0.25) is 4.57 Å². The van der Waals surface area contributed by atoms with Crippen molar-refractivity contribution < 1.29 is 0 Å². The summed E-state index contributed by atoms with van der Waals surface area (Å²) in [6.07, 6.45) is 0.956. The fourth-order valence-corrected chi connectivity index (χ4v) is 3.43. The molecule has 0 spiro atoms. The van der Waals surface area contributed by atoms with E-state index in [4.69, 9.17) is 12.2 Å². The van der Waals surface area contributed by atoms with Crippen molar-refractivity contribution in [3.05, 3.63) is 55.7 Å². The molecule has 0 fully saturated rings. The van der Waals surface area contributed by atoms with Gasteiger partial charge in [-0.15, -0.1) is 0 Å². The van der Waals surface area contributed by atoms with Gasteiger partial charge in [-0.2, -0.15) is 0 Å². The van der Waals surface area contributed by atoms with Gasteiger partial charge < -0.3 is 4.98 Å². The molecule has 0 saturated heterocycles. The number of benzene rings is 2. The number of H-pyrrole nitrogens is 1. The standard InChI is InChI=1S/C15H12Br2N2S/c1-2-9-7-10(16)4-6-13(9)19-14-8-11(17)3-5-12(14)18-15(19)20/h3-8H,2H2,1H3,(H,18,20). The Bertz CT molecular complexity index is 849. The number of imidazole rings is 1. The van der Waals surface area contributed by atoms with E-state index in [1.807, 2.05) is 18.2 Å². The first-order chi connectivity index (χ1) is 9.60. The predicted octanol–water partition coefficient (Wildman–Crippen LogP) is 5.78. The molecule has 102 valence electrons. The number of nitrogens with zero attached hydrogens (tertiary/aromatic N) is 1. The maximum Gasteiger partial charge on any atom is 0.182 e. The molecule has 20 heavy (non-hydrogen) atoms. The minimum absolute atomic E-state index is 0.718. The molecule has 5 heteroatoms. The molecule has 0 saturated carbocycles. The van der Waals surface area contributed by atoms with Crippen LogP contribution < -0.4 is 0 Å². The lowest BCUT2D eigenvalue weighted by atomic mass is 10.1. The lowest BCUT2D eigenvalue weighted by Gasteiger charge is -2.11. The molecule has 3 aromatic rings. The average Bonchev–Trinajstić information content (AvgIpc) is 2.74. The molecule has 2 aromatic carbocycles. The topological polar surface area (TPSA) is 20.7 Å². The summed E-state index contributed by atoms with van der Waals surface area (Å²) < 4.78 is 4.95. The van der Waals surface area contributed by atoms with Crippen LogP contribution in [-0.2, 0) is 6.42 Å². The second-order valence-corrected chi connectivity index (χ2v) is 6.77. The molecular weight excluding hydrogens is 400 g/mol. The Labute approximate surface area is 139 Å². The van der Waals surface area contributed by atoms with Crippen molar-refractivity contribution in [1.29, 1.82) is 0 Å². The van der Waals surface area contributed by atoms with Crippen LogP contribution in [0.5, 0.6) is 0 Å². The van der Waals surface area contributed by atoms with E-state index in [0.29, 0.717) is 0 Å². The Balaban J connectivity index is 2.37. The summed E-state index contributed by atoms with van der Waals surface area (Å²) in [7, 11) is 0. The van der Waals surface area contributed by atoms with Crippen LogP contribution in [0.2, 0.25) is 0 Å². The molecule has 1 aromatic heterocycles. The second-order valence-electron chi connectivity index (χ2n) is 4.55. The second kappa shape index (κ2) is 5.47. The highest BCUT2D eigenvalue weighted by Gasteiger charge is 2.10. The number of aromatic amines is 1. The number of halogens is 2. The Morgan fingerprint density at radius 3 is 2.55 bits per heavy atom. The molecule has 0 radical (unpaired) electrons. The fraction of sp³-hybridized carbons (Fsp3) is 0.133. The van der Waals surface area contributed by atoms with Gasteiger partial charge in [0, 0.05) is 8.95 Å². The molecule has 0 atom stereocenters. The van der Waals surface area contributed by atoms with Crippen LogP contribution >= 0.6 is 44.1 Å². The largest absolute Gasteiger partial charge is 0.330 e. The van der Waals surface area contributed by atoms with Gasteiger partial charge in [-0.05, 0) is 60.6 Å². The van der Waals surface area contributed by atoms with Crippen LogP contribution in [0.3, 0.4) is 0 Å². The number of aromatic nitrogens is 2. The summed E-state index contributed by atoms with van der Waals surface area (Å²) in [6.45, 7) is 2.15. The monoisotopic (exact) mass is 410 g/mol. The van der Waals surface area contributed by atoms with Crippen LogP contribution in [0.1, 0.15) is 12.5 Å². The Morgan fingerprint density at radius 1 is 1.10 bits per heavy atom. The van der Waals surface area contributed by atoms with Crippen molar-refractivity contribution in [3.63, 3.8) is 0 Å². The fourth-order valence-electron chi connectivity index (χ4n) is 2.37. The normalized spacial score (nSPS) is 11.2. The van der Waals surface area contributed by atoms with E-state index in [0.717, 1.165) is 36.9 Å². The van der Waals surface area contributed by atoms with Crippen LogP contribution in [0, 0.1) is 4.77 Å². The van der Waals surface area contributed by atoms with Crippen molar-refractivity contribution in [1.82, 2.24) is 9.55 Å². The molecule has 2 nitrogen and oxygen atoms in total. The third kappa shape index (κ3) is 2.38. The first-order valence-corrected chi connectivity index (χ1v) is 8.28. The Morgan fingerprint density at radius 2 is 1.80 bits per heavy atom. The van der Waals surface area contributed by atoms with Crippen molar-refractivity contribution >= 4 is 55.1 Å². The maximum absolute atomic E-state index is 5.50. The molecule has 3 rings (SSSR count). The minimum Gasteiger partial charge on any atom is -0.330 e. The van der Waals surface area contributed by atoms with Crippen LogP contribution in [0.15, 0.2) is 45.3 Å². The van der Waals surface area contributed by atoms with E-state index < -0.39 is 0 Å². The van der Waals surface area contributed by atoms with E-state index in [9.17, 15) is 0 Å². The predicted molar refractivity (Wildman–Crippen MR) is 93.2 cm³/mol. The third-order valence-corrected chi connectivity index (χ3v) is 4.58. The van der Waals surface area contributed by atoms with Gasteiger partial charge in [0.25, 0.3) is 0 Å². The first-order valence-electron chi connectivity index (χ1n) is 6.29. The molecular formula is C15H12Br2N2S. The quantitative estimate of drug-likeness (QED) is 0.530. The van der Waals surface area contributed by atoms with Gasteiger partial charge in [0.15, 0.2) is 4.77 Å². The lowest BCUT2D eigenvalue weighted by Crippen LogP contribution is -1.99. The highest BCUT2D eigenvalue weighted by molar-refractivity contribution is 9.10. The van der Waals surface area contributed by atoms with Gasteiger partial charge in [-0.1, -0.05) is 38.8 Å². The number of rotatable bonds is 2. The van der Waals surface area contributed by atoms with Crippen molar-refractivity contribution in [3.8, 4) is 5.69 Å². The number of fused-ring (bicyclic) bond motifs is 1. The summed E-state index contributed by atoms with van der Waals surface area (Å²) in [5.74, 6) is 0. The zero-order valence-electron chi connectivity index (χ0n) is 10.8. The summed E-state index contributed by atoms with van der Waals surface area (Å²) in [5, 5.41) is 0. The minimum atomic E-state index is 0.718. The van der Waals surface area contributed by atoms with Crippen LogP contribution in [0.25, 0.3) is 16.7 Å². The smallest absolute Gasteiger partial charge is 0.182 e. The lowest BCUT2D eigenvalue weighted by molar-refractivity contribution is 1.01. The van der Waals surface area contributed by atoms with E-state index in [2.05, 4.69) is 66.5 Å². The van der Waals surface area contributed by atoms with Crippen LogP contribution in [0.4, 0.5) is 0 Å². The summed E-state index contributed by atoms with van der Waals surface area (Å²) in [5.41, 5.74) is 4.52. The van der Waals surface area contributed by atoms with Gasteiger partial charge in [0.1, 0.15) is 0 Å². The van der Waals surface area contributed by atoms with Gasteiger partial charge >= 0.3 is 0 Å². The number of hydrogen-bond donors (Lipinski definition) is 1. The zero-order chi connectivity index (χ0) is 14.3. The van der Waals surface area contributed by atoms with Gasteiger partial charge in [0.05, 0.1) is 16.7 Å². The number of hydrogen-bond acceptors (Lipinski definition) is 1. The maximum atomic E-state index is 5.50. The van der Waals surface area contributed by atoms with E-state index in [1.54, 1.807) is 0 Å². The first kappa shape index (κ1) is 14.0. The molecule has 0 amide bonds. The van der Waals surface area contributed by atoms with Gasteiger partial charge in [-0.25, -0.2) is 0 Å². The van der Waals surface area contributed by atoms with E-state index in [-0.39, 0.29) is 0 Å². The molecule has 0 aliphatic rings. The molecule has 0 unspecified atom stereocenters. The third-order valence-electron chi connectivity index (χ3n) is 3.31. The molecule has 0 aliphatic heterocycles. The Kier molecular flexibility index (Phi) is 3.84. The highest BCUT2D eigenvalue weighted by Crippen LogP contribution is 2.27. The summed E-state index contributed by atoms with van der Waals surface area (Å²) in [6, 6.07) is 12.4. The van der Waals surface area contributed by atoms with Crippen LogP contribution in [-0.4, -0.2) is 9.55 Å². The van der Waals surface area contributed by atoms with Crippen molar-refractivity contribution in [2.24, 2.45) is 0 Å². The summed E-state index contributed by atoms with van der Waals surface area (Å²) >= 11 is 12.6. The molecule has 1 N–H and O–H groups in total. The molecule has 0 aliphatic carbocycles.